The van der Waals surface area contributed by atoms with Crippen molar-refractivity contribution in [3.8, 4) is 17.2 Å². The van der Waals surface area contributed by atoms with Crippen molar-refractivity contribution in [1.82, 2.24) is 15.0 Å². The highest BCUT2D eigenvalue weighted by Crippen LogP contribution is 2.25. The van der Waals surface area contributed by atoms with E-state index < -0.39 is 5.91 Å². The van der Waals surface area contributed by atoms with Crippen molar-refractivity contribution in [2.24, 2.45) is 5.73 Å². The van der Waals surface area contributed by atoms with Crippen LogP contribution in [0.25, 0.3) is 28.2 Å². The molecule has 0 bridgehead atoms. The second-order valence-electron chi connectivity index (χ2n) is 6.55. The van der Waals surface area contributed by atoms with Gasteiger partial charge in [-0.3, -0.25) is 14.6 Å². The molecule has 0 saturated heterocycles. The summed E-state index contributed by atoms with van der Waals surface area (Å²) in [7, 11) is 0. The number of fused-ring (bicyclic) bond motifs is 1. The highest BCUT2D eigenvalue weighted by molar-refractivity contribution is 6.07. The number of H-pyrrole nitrogens is 1. The van der Waals surface area contributed by atoms with E-state index in [1.165, 1.54) is 6.08 Å². The summed E-state index contributed by atoms with van der Waals surface area (Å²) in [6, 6.07) is 13.8. The summed E-state index contributed by atoms with van der Waals surface area (Å²) in [4.78, 5) is 35.3. The summed E-state index contributed by atoms with van der Waals surface area (Å²) in [6.07, 6.45) is 7.99. The lowest BCUT2D eigenvalue weighted by Gasteiger charge is -2.04. The Kier molecular flexibility index (Phi) is 4.89. The number of nitriles is 1. The SMILES string of the molecule is N#Cc1ccc(C(=O)c2ccc(-c3cnc4[nH]cc(C=CC(N)=O)c4c3)cn2)cc1. The topological polar surface area (TPSA) is 126 Å². The third kappa shape index (κ3) is 3.70. The molecule has 4 aromatic rings. The van der Waals surface area contributed by atoms with Crippen LogP contribution >= 0.6 is 0 Å². The highest BCUT2D eigenvalue weighted by Gasteiger charge is 2.12. The first kappa shape index (κ1) is 18.8. The van der Waals surface area contributed by atoms with Crippen LogP contribution in [-0.2, 0) is 4.79 Å². The fourth-order valence-corrected chi connectivity index (χ4v) is 3.03. The first-order chi connectivity index (χ1) is 14.5. The Morgan fingerprint density at radius 2 is 1.80 bits per heavy atom. The number of aromatic nitrogens is 3. The third-order valence-corrected chi connectivity index (χ3v) is 4.60. The van der Waals surface area contributed by atoms with Crippen LogP contribution in [0.5, 0.6) is 0 Å². The van der Waals surface area contributed by atoms with Gasteiger partial charge in [-0.2, -0.15) is 5.26 Å². The normalized spacial score (nSPS) is 10.9. The maximum absolute atomic E-state index is 12.6. The zero-order valence-corrected chi connectivity index (χ0v) is 15.7. The Balaban J connectivity index is 1.62. The standard InChI is InChI=1S/C23H15N5O2/c24-10-14-1-3-15(4-2-14)22(30)20-7-5-16(11-26-20)18-9-19-17(6-8-21(25)29)12-27-23(19)28-13-18/h1-9,11-13H,(H2,25,29)(H,27,28). The fraction of sp³-hybridized carbons (Fsp3) is 0. The lowest BCUT2D eigenvalue weighted by Crippen LogP contribution is -2.04. The summed E-state index contributed by atoms with van der Waals surface area (Å²) in [6.45, 7) is 0. The van der Waals surface area contributed by atoms with Crippen molar-refractivity contribution in [1.29, 1.82) is 5.26 Å². The van der Waals surface area contributed by atoms with Crippen molar-refractivity contribution in [3.05, 3.63) is 89.5 Å². The van der Waals surface area contributed by atoms with E-state index in [0.717, 1.165) is 22.1 Å². The molecule has 7 nitrogen and oxygen atoms in total. The zero-order valence-electron chi connectivity index (χ0n) is 15.7. The van der Waals surface area contributed by atoms with Gasteiger partial charge in [0.2, 0.25) is 11.7 Å². The molecule has 0 aliphatic heterocycles. The number of aromatic amines is 1. The molecule has 0 aliphatic rings. The van der Waals surface area contributed by atoms with Gasteiger partial charge in [0, 0.05) is 52.3 Å². The number of amides is 1. The largest absolute Gasteiger partial charge is 0.366 e. The molecule has 1 amide bonds. The van der Waals surface area contributed by atoms with Gasteiger partial charge in [0.05, 0.1) is 11.6 Å². The molecule has 0 spiro atoms. The van der Waals surface area contributed by atoms with Crippen molar-refractivity contribution >= 4 is 28.8 Å². The Morgan fingerprint density at radius 1 is 1.03 bits per heavy atom. The molecule has 0 atom stereocenters. The third-order valence-electron chi connectivity index (χ3n) is 4.60. The predicted octanol–water partition coefficient (Wildman–Crippen LogP) is 3.23. The number of pyridine rings is 2. The molecule has 0 radical (unpaired) electrons. The van der Waals surface area contributed by atoms with Crippen molar-refractivity contribution in [3.63, 3.8) is 0 Å². The van der Waals surface area contributed by atoms with E-state index in [4.69, 9.17) is 11.0 Å². The maximum atomic E-state index is 12.6. The number of ketones is 1. The minimum Gasteiger partial charge on any atom is -0.366 e. The second kappa shape index (κ2) is 7.81. The van der Waals surface area contributed by atoms with E-state index in [2.05, 4.69) is 15.0 Å². The van der Waals surface area contributed by atoms with Gasteiger partial charge in [0.25, 0.3) is 0 Å². The Labute approximate surface area is 171 Å². The summed E-state index contributed by atoms with van der Waals surface area (Å²) in [5.74, 6) is -0.746. The van der Waals surface area contributed by atoms with E-state index in [1.54, 1.807) is 61.1 Å². The number of nitrogens with two attached hydrogens (primary N) is 1. The van der Waals surface area contributed by atoms with Crippen LogP contribution < -0.4 is 5.73 Å². The molecule has 3 N–H and O–H groups in total. The number of carbonyl (C=O) groups is 2. The first-order valence-corrected chi connectivity index (χ1v) is 9.01. The van der Waals surface area contributed by atoms with Crippen LogP contribution in [0.1, 0.15) is 27.2 Å². The van der Waals surface area contributed by atoms with Gasteiger partial charge >= 0.3 is 0 Å². The first-order valence-electron chi connectivity index (χ1n) is 9.01. The van der Waals surface area contributed by atoms with Crippen LogP contribution in [0.3, 0.4) is 0 Å². The molecular weight excluding hydrogens is 378 g/mol. The number of hydrogen-bond acceptors (Lipinski definition) is 5. The van der Waals surface area contributed by atoms with Gasteiger partial charge in [-0.25, -0.2) is 4.98 Å². The molecule has 0 unspecified atom stereocenters. The number of carbonyl (C=O) groups excluding carboxylic acids is 2. The summed E-state index contributed by atoms with van der Waals surface area (Å²) >= 11 is 0. The Morgan fingerprint density at radius 3 is 2.47 bits per heavy atom. The zero-order chi connectivity index (χ0) is 21.1. The van der Waals surface area contributed by atoms with Crippen LogP contribution in [-0.4, -0.2) is 26.6 Å². The highest BCUT2D eigenvalue weighted by atomic mass is 16.1. The molecule has 144 valence electrons. The van der Waals surface area contributed by atoms with Gasteiger partial charge in [-0.1, -0.05) is 6.07 Å². The van der Waals surface area contributed by atoms with Crippen LogP contribution in [0.15, 0.2) is 67.1 Å². The number of hydrogen-bond donors (Lipinski definition) is 2. The minimum atomic E-state index is -0.528. The fourth-order valence-electron chi connectivity index (χ4n) is 3.03. The summed E-state index contributed by atoms with van der Waals surface area (Å²) < 4.78 is 0. The smallest absolute Gasteiger partial charge is 0.241 e. The number of nitrogens with zero attached hydrogens (tertiary/aromatic N) is 3. The molecule has 0 saturated carbocycles. The molecular formula is C23H15N5O2. The van der Waals surface area contributed by atoms with Gasteiger partial charge in [0.15, 0.2) is 0 Å². The van der Waals surface area contributed by atoms with Crippen molar-refractivity contribution in [2.45, 2.75) is 0 Å². The Bertz CT molecular complexity index is 1330. The summed E-state index contributed by atoms with van der Waals surface area (Å²) in [5, 5.41) is 9.70. The molecule has 3 heterocycles. The lowest BCUT2D eigenvalue weighted by molar-refractivity contribution is -0.113. The van der Waals surface area contributed by atoms with E-state index in [0.29, 0.717) is 22.5 Å². The number of benzene rings is 1. The quantitative estimate of drug-likeness (QED) is 0.398. The lowest BCUT2D eigenvalue weighted by atomic mass is 10.0. The summed E-state index contributed by atoms with van der Waals surface area (Å²) in [5.41, 5.74) is 9.53. The molecule has 3 aromatic heterocycles. The second-order valence-corrected chi connectivity index (χ2v) is 6.55. The average molecular weight is 393 g/mol. The van der Waals surface area contributed by atoms with Crippen molar-refractivity contribution < 1.29 is 9.59 Å². The monoisotopic (exact) mass is 393 g/mol. The van der Waals surface area contributed by atoms with E-state index in [9.17, 15) is 9.59 Å². The molecule has 30 heavy (non-hydrogen) atoms. The Hall–Kier alpha value is -4.57. The van der Waals surface area contributed by atoms with E-state index in [1.807, 2.05) is 12.1 Å². The number of primary amides is 1. The van der Waals surface area contributed by atoms with Gasteiger partial charge < -0.3 is 10.7 Å². The van der Waals surface area contributed by atoms with Crippen molar-refractivity contribution in [2.75, 3.05) is 0 Å². The van der Waals surface area contributed by atoms with Crippen LogP contribution in [0.4, 0.5) is 0 Å². The predicted molar refractivity (Wildman–Crippen MR) is 112 cm³/mol. The van der Waals surface area contributed by atoms with E-state index in [-0.39, 0.29) is 5.78 Å². The van der Waals surface area contributed by atoms with Crippen LogP contribution in [0, 0.1) is 11.3 Å². The van der Waals surface area contributed by atoms with E-state index >= 15 is 0 Å². The average Bonchev–Trinajstić information content (AvgIpc) is 3.19. The molecule has 1 aromatic carbocycles. The minimum absolute atomic E-state index is 0.218. The number of rotatable bonds is 5. The number of nitrogens with one attached hydrogen (secondary N) is 1. The maximum Gasteiger partial charge on any atom is 0.241 e. The molecule has 0 fully saturated rings. The molecule has 4 rings (SSSR count). The van der Waals surface area contributed by atoms with Gasteiger partial charge in [-0.05, 0) is 42.5 Å². The van der Waals surface area contributed by atoms with Gasteiger partial charge in [-0.15, -0.1) is 0 Å². The van der Waals surface area contributed by atoms with Gasteiger partial charge in [0.1, 0.15) is 11.3 Å². The molecule has 7 heteroatoms. The molecule has 0 aliphatic carbocycles. The van der Waals surface area contributed by atoms with Crippen LogP contribution in [0.2, 0.25) is 0 Å².